The summed E-state index contributed by atoms with van der Waals surface area (Å²) in [7, 11) is 1.58. The Morgan fingerprint density at radius 2 is 2.30 bits per heavy atom. The van der Waals surface area contributed by atoms with E-state index >= 15 is 0 Å². The number of hydrogen-bond acceptors (Lipinski definition) is 4. The number of rotatable bonds is 6. The minimum atomic E-state index is -0.155. The number of nitrogens with zero attached hydrogens (tertiary/aromatic N) is 1. The van der Waals surface area contributed by atoms with Crippen molar-refractivity contribution in [3.05, 3.63) is 41.7 Å². The molecule has 0 saturated carbocycles. The first kappa shape index (κ1) is 13.9. The third-order valence-corrected chi connectivity index (χ3v) is 2.90. The number of likely N-dealkylation sites (N-methyl/N-ethyl adjacent to an activating group) is 1. The Kier molecular flexibility index (Phi) is 4.60. The third kappa shape index (κ3) is 3.74. The quantitative estimate of drug-likeness (QED) is 0.745. The molecule has 3 N–H and O–H groups in total. The molecule has 2 rings (SSSR count). The van der Waals surface area contributed by atoms with E-state index in [9.17, 15) is 4.79 Å². The standard InChI is InChI=1S/C14H18N4O2/c1-10-11(8-17-18-10)7-16-12-4-3-5-13(6-12)20-9-14(19)15-2/h3-6,8,16H,7,9H2,1-2H3,(H,15,19)(H,17,18). The van der Waals surface area contributed by atoms with Crippen LogP contribution in [0.15, 0.2) is 30.5 Å². The maximum Gasteiger partial charge on any atom is 0.257 e. The Morgan fingerprint density at radius 3 is 3.00 bits per heavy atom. The molecule has 1 aromatic heterocycles. The van der Waals surface area contributed by atoms with Gasteiger partial charge in [0.05, 0.1) is 6.20 Å². The van der Waals surface area contributed by atoms with E-state index in [0.717, 1.165) is 16.9 Å². The van der Waals surface area contributed by atoms with Crippen molar-refractivity contribution < 1.29 is 9.53 Å². The first-order chi connectivity index (χ1) is 9.69. The second kappa shape index (κ2) is 6.60. The normalized spacial score (nSPS) is 10.1. The van der Waals surface area contributed by atoms with Gasteiger partial charge in [0.15, 0.2) is 6.61 Å². The van der Waals surface area contributed by atoms with Crippen molar-refractivity contribution >= 4 is 11.6 Å². The Labute approximate surface area is 117 Å². The smallest absolute Gasteiger partial charge is 0.257 e. The molecule has 1 amide bonds. The highest BCUT2D eigenvalue weighted by Crippen LogP contribution is 2.18. The lowest BCUT2D eigenvalue weighted by Crippen LogP contribution is -2.24. The molecule has 20 heavy (non-hydrogen) atoms. The molecular weight excluding hydrogens is 256 g/mol. The molecule has 1 aromatic carbocycles. The number of aryl methyl sites for hydroxylation is 1. The van der Waals surface area contributed by atoms with Crippen LogP contribution >= 0.6 is 0 Å². The van der Waals surface area contributed by atoms with E-state index in [2.05, 4.69) is 20.8 Å². The largest absolute Gasteiger partial charge is 0.484 e. The molecule has 0 aliphatic heterocycles. The number of aromatic nitrogens is 2. The van der Waals surface area contributed by atoms with Gasteiger partial charge in [-0.3, -0.25) is 9.89 Å². The number of aromatic amines is 1. The molecule has 1 heterocycles. The Morgan fingerprint density at radius 1 is 1.45 bits per heavy atom. The second-order valence-corrected chi connectivity index (χ2v) is 4.36. The van der Waals surface area contributed by atoms with Gasteiger partial charge in [0.1, 0.15) is 5.75 Å². The maximum absolute atomic E-state index is 11.1. The summed E-state index contributed by atoms with van der Waals surface area (Å²) in [6.07, 6.45) is 1.80. The minimum absolute atomic E-state index is 0.0147. The summed E-state index contributed by atoms with van der Waals surface area (Å²) < 4.78 is 5.39. The zero-order valence-corrected chi connectivity index (χ0v) is 11.6. The molecule has 0 unspecified atom stereocenters. The van der Waals surface area contributed by atoms with Crippen molar-refractivity contribution in [2.45, 2.75) is 13.5 Å². The molecule has 0 saturated heterocycles. The van der Waals surface area contributed by atoms with Gasteiger partial charge in [-0.25, -0.2) is 0 Å². The lowest BCUT2D eigenvalue weighted by atomic mass is 10.2. The Hall–Kier alpha value is -2.50. The zero-order valence-electron chi connectivity index (χ0n) is 11.6. The summed E-state index contributed by atoms with van der Waals surface area (Å²) >= 11 is 0. The topological polar surface area (TPSA) is 79.0 Å². The summed E-state index contributed by atoms with van der Waals surface area (Å²) in [6, 6.07) is 7.50. The molecule has 0 atom stereocenters. The van der Waals surface area contributed by atoms with Crippen LogP contribution in [0.1, 0.15) is 11.3 Å². The van der Waals surface area contributed by atoms with E-state index < -0.39 is 0 Å². The van der Waals surface area contributed by atoms with Crippen LogP contribution in [0.3, 0.4) is 0 Å². The fourth-order valence-corrected chi connectivity index (χ4v) is 1.67. The number of amides is 1. The van der Waals surface area contributed by atoms with Crippen molar-refractivity contribution in [2.75, 3.05) is 19.0 Å². The van der Waals surface area contributed by atoms with Gasteiger partial charge in [0.25, 0.3) is 5.91 Å². The summed E-state index contributed by atoms with van der Waals surface area (Å²) in [5.41, 5.74) is 3.09. The average Bonchev–Trinajstić information content (AvgIpc) is 2.88. The van der Waals surface area contributed by atoms with Gasteiger partial charge in [-0.05, 0) is 19.1 Å². The zero-order chi connectivity index (χ0) is 14.4. The molecule has 0 aliphatic carbocycles. The van der Waals surface area contributed by atoms with Crippen LogP contribution in [0.5, 0.6) is 5.75 Å². The van der Waals surface area contributed by atoms with E-state index in [1.165, 1.54) is 0 Å². The van der Waals surface area contributed by atoms with E-state index in [-0.39, 0.29) is 12.5 Å². The maximum atomic E-state index is 11.1. The number of benzene rings is 1. The van der Waals surface area contributed by atoms with Gasteiger partial charge in [-0.1, -0.05) is 6.07 Å². The van der Waals surface area contributed by atoms with Crippen molar-refractivity contribution in [1.29, 1.82) is 0 Å². The minimum Gasteiger partial charge on any atom is -0.484 e. The van der Waals surface area contributed by atoms with E-state index in [4.69, 9.17) is 4.74 Å². The highest BCUT2D eigenvalue weighted by Gasteiger charge is 2.03. The number of carbonyl (C=O) groups excluding carboxylic acids is 1. The average molecular weight is 274 g/mol. The summed E-state index contributed by atoms with van der Waals surface area (Å²) in [6.45, 7) is 2.68. The molecule has 0 fully saturated rings. The molecule has 2 aromatic rings. The highest BCUT2D eigenvalue weighted by molar-refractivity contribution is 5.77. The predicted molar refractivity (Wildman–Crippen MR) is 76.7 cm³/mol. The molecule has 0 bridgehead atoms. The molecule has 6 heteroatoms. The van der Waals surface area contributed by atoms with Crippen LogP contribution in [-0.2, 0) is 11.3 Å². The van der Waals surface area contributed by atoms with Crippen molar-refractivity contribution in [3.8, 4) is 5.75 Å². The van der Waals surface area contributed by atoms with Gasteiger partial charge in [-0.15, -0.1) is 0 Å². The van der Waals surface area contributed by atoms with Gasteiger partial charge < -0.3 is 15.4 Å². The van der Waals surface area contributed by atoms with Gasteiger partial charge >= 0.3 is 0 Å². The van der Waals surface area contributed by atoms with Crippen LogP contribution in [-0.4, -0.2) is 29.8 Å². The first-order valence-corrected chi connectivity index (χ1v) is 6.35. The summed E-state index contributed by atoms with van der Waals surface area (Å²) in [5.74, 6) is 0.500. The van der Waals surface area contributed by atoms with Gasteiger partial charge in [-0.2, -0.15) is 5.10 Å². The fraction of sp³-hybridized carbons (Fsp3) is 0.286. The number of H-pyrrole nitrogens is 1. The van der Waals surface area contributed by atoms with Crippen LogP contribution in [0.2, 0.25) is 0 Å². The number of nitrogens with one attached hydrogen (secondary N) is 3. The number of anilines is 1. The lowest BCUT2D eigenvalue weighted by molar-refractivity contribution is -0.122. The SMILES string of the molecule is CNC(=O)COc1cccc(NCc2cn[nH]c2C)c1. The molecule has 0 spiro atoms. The van der Waals surface area contributed by atoms with Crippen LogP contribution < -0.4 is 15.4 Å². The number of hydrogen-bond donors (Lipinski definition) is 3. The molecule has 0 radical (unpaired) electrons. The van der Waals surface area contributed by atoms with Gasteiger partial charge in [0, 0.05) is 36.6 Å². The van der Waals surface area contributed by atoms with Crippen molar-refractivity contribution in [2.24, 2.45) is 0 Å². The fourth-order valence-electron chi connectivity index (χ4n) is 1.67. The Bertz CT molecular complexity index is 580. The number of ether oxygens (including phenoxy) is 1. The van der Waals surface area contributed by atoms with Crippen LogP contribution in [0.25, 0.3) is 0 Å². The van der Waals surface area contributed by atoms with Crippen LogP contribution in [0.4, 0.5) is 5.69 Å². The van der Waals surface area contributed by atoms with E-state index in [1.54, 1.807) is 13.2 Å². The van der Waals surface area contributed by atoms with Crippen molar-refractivity contribution in [3.63, 3.8) is 0 Å². The van der Waals surface area contributed by atoms with Crippen LogP contribution in [0, 0.1) is 6.92 Å². The Balaban J connectivity index is 1.92. The lowest BCUT2D eigenvalue weighted by Gasteiger charge is -2.09. The molecule has 106 valence electrons. The van der Waals surface area contributed by atoms with Gasteiger partial charge in [0.2, 0.25) is 0 Å². The molecule has 0 aliphatic rings. The highest BCUT2D eigenvalue weighted by atomic mass is 16.5. The van der Waals surface area contributed by atoms with E-state index in [0.29, 0.717) is 12.3 Å². The monoisotopic (exact) mass is 274 g/mol. The predicted octanol–water partition coefficient (Wildman–Crippen LogP) is 1.46. The molecule has 6 nitrogen and oxygen atoms in total. The van der Waals surface area contributed by atoms with E-state index in [1.807, 2.05) is 31.2 Å². The second-order valence-electron chi connectivity index (χ2n) is 4.36. The third-order valence-electron chi connectivity index (χ3n) is 2.90. The first-order valence-electron chi connectivity index (χ1n) is 6.35. The summed E-state index contributed by atoms with van der Waals surface area (Å²) in [5, 5.41) is 12.7. The molecular formula is C14H18N4O2. The van der Waals surface area contributed by atoms with Crippen molar-refractivity contribution in [1.82, 2.24) is 15.5 Å². The number of carbonyl (C=O) groups is 1. The summed E-state index contributed by atoms with van der Waals surface area (Å²) in [4.78, 5) is 11.1.